The fourth-order valence-corrected chi connectivity index (χ4v) is 3.68. The molecule has 1 aliphatic carbocycles. The van der Waals surface area contributed by atoms with Gasteiger partial charge in [-0.05, 0) is 62.8 Å². The van der Waals surface area contributed by atoms with E-state index >= 15 is 0 Å². The first kappa shape index (κ1) is 20.6. The van der Waals surface area contributed by atoms with Gasteiger partial charge >= 0.3 is 0 Å². The number of aryl methyl sites for hydroxylation is 1. The lowest BCUT2D eigenvalue weighted by Gasteiger charge is -2.29. The Morgan fingerprint density at radius 2 is 1.90 bits per heavy atom. The highest BCUT2D eigenvalue weighted by Crippen LogP contribution is 2.25. The highest BCUT2D eigenvalue weighted by molar-refractivity contribution is 5.94. The molecule has 0 bridgehead atoms. The van der Waals surface area contributed by atoms with E-state index in [1.807, 2.05) is 32.1 Å². The van der Waals surface area contributed by atoms with E-state index in [1.54, 1.807) is 24.3 Å². The van der Waals surface area contributed by atoms with Gasteiger partial charge in [-0.1, -0.05) is 0 Å². The minimum absolute atomic E-state index is 0.0691. The Balaban J connectivity index is 1.45. The van der Waals surface area contributed by atoms with E-state index in [4.69, 9.17) is 5.26 Å². The van der Waals surface area contributed by atoms with Crippen LogP contribution in [0.4, 0.5) is 11.8 Å². The van der Waals surface area contributed by atoms with Crippen LogP contribution in [0, 0.1) is 24.2 Å². The minimum atomic E-state index is -0.0691. The molecule has 0 spiro atoms. The lowest BCUT2D eigenvalue weighted by molar-refractivity contribution is 0.0922. The normalized spacial score (nSPS) is 18.6. The number of carbonyl (C=O) groups is 1. The van der Waals surface area contributed by atoms with Crippen LogP contribution in [0.25, 0.3) is 0 Å². The summed E-state index contributed by atoms with van der Waals surface area (Å²) in [6.45, 7) is 2.85. The Morgan fingerprint density at radius 3 is 2.52 bits per heavy atom. The summed E-state index contributed by atoms with van der Waals surface area (Å²) in [5, 5.41) is 15.3. The zero-order valence-corrected chi connectivity index (χ0v) is 17.3. The maximum atomic E-state index is 12.4. The molecule has 1 heterocycles. The number of nitrogens with one attached hydrogen (secondary N) is 2. The van der Waals surface area contributed by atoms with Crippen molar-refractivity contribution in [3.05, 3.63) is 47.2 Å². The van der Waals surface area contributed by atoms with Gasteiger partial charge in [0.1, 0.15) is 5.82 Å². The van der Waals surface area contributed by atoms with E-state index in [1.165, 1.54) is 0 Å². The maximum Gasteiger partial charge on any atom is 0.251 e. The fraction of sp³-hybridized carbons (Fsp3) is 0.455. The first-order chi connectivity index (χ1) is 14.0. The molecule has 7 nitrogen and oxygen atoms in total. The number of anilines is 2. The lowest BCUT2D eigenvalue weighted by Crippen LogP contribution is -2.38. The number of hydrogen-bond acceptors (Lipinski definition) is 6. The van der Waals surface area contributed by atoms with E-state index in [9.17, 15) is 4.79 Å². The summed E-state index contributed by atoms with van der Waals surface area (Å²) in [5.41, 5.74) is 2.21. The van der Waals surface area contributed by atoms with Gasteiger partial charge < -0.3 is 15.5 Å². The molecule has 3 rings (SSSR count). The molecule has 2 N–H and O–H groups in total. The van der Waals surface area contributed by atoms with Gasteiger partial charge in [-0.3, -0.25) is 4.79 Å². The highest BCUT2D eigenvalue weighted by atomic mass is 16.1. The molecule has 1 saturated carbocycles. The van der Waals surface area contributed by atoms with Gasteiger partial charge in [0.05, 0.1) is 11.6 Å². The SMILES string of the molecule is Cc1cnc(NCC2CCC(NC(=O)c3ccc(C#N)cc3)CC2)nc1N(C)C. The first-order valence-corrected chi connectivity index (χ1v) is 10.0. The summed E-state index contributed by atoms with van der Waals surface area (Å²) in [5.74, 6) is 2.07. The topological polar surface area (TPSA) is 93.9 Å². The second kappa shape index (κ2) is 9.37. The zero-order chi connectivity index (χ0) is 20.8. The summed E-state index contributed by atoms with van der Waals surface area (Å²) in [6.07, 6.45) is 5.88. The predicted octanol–water partition coefficient (Wildman–Crippen LogP) is 3.12. The molecule has 1 fully saturated rings. The van der Waals surface area contributed by atoms with Crippen LogP contribution in [0.3, 0.4) is 0 Å². The van der Waals surface area contributed by atoms with Crippen molar-refractivity contribution in [3.63, 3.8) is 0 Å². The van der Waals surface area contributed by atoms with E-state index in [0.717, 1.165) is 43.6 Å². The van der Waals surface area contributed by atoms with Gasteiger partial charge in [-0.2, -0.15) is 10.2 Å². The van der Waals surface area contributed by atoms with Gasteiger partial charge in [0, 0.05) is 44.0 Å². The quantitative estimate of drug-likeness (QED) is 0.784. The smallest absolute Gasteiger partial charge is 0.251 e. The Kier molecular flexibility index (Phi) is 6.65. The van der Waals surface area contributed by atoms with Crippen LogP contribution in [0.5, 0.6) is 0 Å². The molecule has 0 aliphatic heterocycles. The molecule has 0 radical (unpaired) electrons. The Morgan fingerprint density at radius 1 is 1.21 bits per heavy atom. The number of amides is 1. The van der Waals surface area contributed by atoms with Crippen LogP contribution >= 0.6 is 0 Å². The number of nitrogens with zero attached hydrogens (tertiary/aromatic N) is 4. The predicted molar refractivity (Wildman–Crippen MR) is 114 cm³/mol. The molecule has 1 aliphatic rings. The summed E-state index contributed by atoms with van der Waals surface area (Å²) in [7, 11) is 3.96. The van der Waals surface area contributed by atoms with Crippen LogP contribution in [0.15, 0.2) is 30.5 Å². The van der Waals surface area contributed by atoms with Crippen LogP contribution in [-0.2, 0) is 0 Å². The van der Waals surface area contributed by atoms with E-state index in [-0.39, 0.29) is 11.9 Å². The third kappa shape index (κ3) is 5.44. The number of carbonyl (C=O) groups excluding carboxylic acids is 1. The van der Waals surface area contributed by atoms with Gasteiger partial charge in [0.25, 0.3) is 5.91 Å². The average Bonchev–Trinajstić information content (AvgIpc) is 2.74. The molecule has 1 aromatic carbocycles. The molecular weight excluding hydrogens is 364 g/mol. The van der Waals surface area contributed by atoms with Crippen molar-refractivity contribution in [1.29, 1.82) is 5.26 Å². The monoisotopic (exact) mass is 392 g/mol. The van der Waals surface area contributed by atoms with Crippen molar-refractivity contribution < 1.29 is 4.79 Å². The first-order valence-electron chi connectivity index (χ1n) is 10.0. The minimum Gasteiger partial charge on any atom is -0.362 e. The van der Waals surface area contributed by atoms with Crippen LogP contribution in [-0.4, -0.2) is 42.6 Å². The third-order valence-electron chi connectivity index (χ3n) is 5.38. The molecule has 1 amide bonds. The summed E-state index contributed by atoms with van der Waals surface area (Å²) >= 11 is 0. The molecule has 2 aromatic rings. The van der Waals surface area contributed by atoms with E-state index in [2.05, 4.69) is 26.7 Å². The van der Waals surface area contributed by atoms with Crippen molar-refractivity contribution in [2.75, 3.05) is 30.9 Å². The molecule has 0 atom stereocenters. The molecule has 0 unspecified atom stereocenters. The molecular formula is C22H28N6O. The number of rotatable bonds is 6. The number of aromatic nitrogens is 2. The largest absolute Gasteiger partial charge is 0.362 e. The highest BCUT2D eigenvalue weighted by Gasteiger charge is 2.23. The van der Waals surface area contributed by atoms with E-state index < -0.39 is 0 Å². The third-order valence-corrected chi connectivity index (χ3v) is 5.38. The number of hydrogen-bond donors (Lipinski definition) is 2. The van der Waals surface area contributed by atoms with Crippen LogP contribution < -0.4 is 15.5 Å². The second-order valence-electron chi connectivity index (χ2n) is 7.86. The van der Waals surface area contributed by atoms with Gasteiger partial charge in [0.2, 0.25) is 5.95 Å². The van der Waals surface area contributed by atoms with Crippen molar-refractivity contribution in [2.24, 2.45) is 5.92 Å². The lowest BCUT2D eigenvalue weighted by atomic mass is 9.86. The van der Waals surface area contributed by atoms with Crippen molar-refractivity contribution in [1.82, 2.24) is 15.3 Å². The van der Waals surface area contributed by atoms with Crippen molar-refractivity contribution in [2.45, 2.75) is 38.6 Å². The standard InChI is InChI=1S/C22H28N6O/c1-15-13-24-22(27-20(15)28(2)3)25-14-17-6-10-19(11-7-17)26-21(29)18-8-4-16(12-23)5-9-18/h4-5,8-9,13,17,19H,6-7,10-11,14H2,1-3H3,(H,26,29)(H,24,25,27). The summed E-state index contributed by atoms with van der Waals surface area (Å²) < 4.78 is 0. The average molecular weight is 393 g/mol. The Bertz CT molecular complexity index is 879. The molecule has 29 heavy (non-hydrogen) atoms. The maximum absolute atomic E-state index is 12.4. The van der Waals surface area contributed by atoms with Crippen molar-refractivity contribution >= 4 is 17.7 Å². The second-order valence-corrected chi connectivity index (χ2v) is 7.86. The Hall–Kier alpha value is -3.14. The molecule has 0 saturated heterocycles. The van der Waals surface area contributed by atoms with Crippen molar-refractivity contribution in [3.8, 4) is 6.07 Å². The fourth-order valence-electron chi connectivity index (χ4n) is 3.68. The molecule has 1 aromatic heterocycles. The van der Waals surface area contributed by atoms with Crippen LogP contribution in [0.2, 0.25) is 0 Å². The number of nitriles is 1. The van der Waals surface area contributed by atoms with E-state index in [0.29, 0.717) is 23.0 Å². The summed E-state index contributed by atoms with van der Waals surface area (Å²) in [4.78, 5) is 23.3. The zero-order valence-electron chi connectivity index (χ0n) is 17.3. The van der Waals surface area contributed by atoms with Gasteiger partial charge in [0.15, 0.2) is 0 Å². The van der Waals surface area contributed by atoms with Gasteiger partial charge in [-0.25, -0.2) is 4.98 Å². The van der Waals surface area contributed by atoms with Crippen LogP contribution in [0.1, 0.15) is 47.2 Å². The molecule has 7 heteroatoms. The Labute approximate surface area is 172 Å². The summed E-state index contributed by atoms with van der Waals surface area (Å²) in [6, 6.07) is 9.01. The van der Waals surface area contributed by atoms with Gasteiger partial charge in [-0.15, -0.1) is 0 Å². The number of benzene rings is 1. The molecule has 152 valence electrons.